The first-order chi connectivity index (χ1) is 9.90. The summed E-state index contributed by atoms with van der Waals surface area (Å²) in [4.78, 5) is 4.58. The van der Waals surface area contributed by atoms with Crippen molar-refractivity contribution in [3.63, 3.8) is 0 Å². The monoisotopic (exact) mass is 369 g/mol. The van der Waals surface area contributed by atoms with Crippen molar-refractivity contribution in [3.8, 4) is 0 Å². The molecule has 7 heteroatoms. The van der Waals surface area contributed by atoms with Gasteiger partial charge >= 0.3 is 0 Å². The van der Waals surface area contributed by atoms with Crippen LogP contribution in [-0.2, 0) is 16.3 Å². The molecule has 21 heavy (non-hydrogen) atoms. The van der Waals surface area contributed by atoms with Crippen LogP contribution in [0, 0.1) is 0 Å². The molecule has 0 aliphatic rings. The average molecular weight is 370 g/mol. The molecule has 1 aromatic heterocycles. The van der Waals surface area contributed by atoms with Crippen molar-refractivity contribution in [2.75, 3.05) is 6.26 Å². The molecular formula is C14H16BrN3O2S. The van der Waals surface area contributed by atoms with Crippen molar-refractivity contribution < 1.29 is 8.42 Å². The fourth-order valence-electron chi connectivity index (χ4n) is 1.97. The van der Waals surface area contributed by atoms with Gasteiger partial charge in [0, 0.05) is 29.0 Å². The summed E-state index contributed by atoms with van der Waals surface area (Å²) in [7, 11) is -3.24. The van der Waals surface area contributed by atoms with Gasteiger partial charge < -0.3 is 0 Å². The van der Waals surface area contributed by atoms with E-state index in [0.717, 1.165) is 15.7 Å². The molecule has 0 amide bonds. The number of halogens is 1. The zero-order chi connectivity index (χ0) is 15.5. The van der Waals surface area contributed by atoms with E-state index in [1.807, 2.05) is 18.2 Å². The molecule has 3 N–H and O–H groups in total. The van der Waals surface area contributed by atoms with Crippen LogP contribution >= 0.6 is 15.9 Å². The average Bonchev–Trinajstić information content (AvgIpc) is 2.46. The minimum absolute atomic E-state index is 0.208. The summed E-state index contributed by atoms with van der Waals surface area (Å²) in [5.74, 6) is 5.61. The summed E-state index contributed by atoms with van der Waals surface area (Å²) >= 11 is 3.34. The molecule has 1 heterocycles. The number of nitrogens with zero attached hydrogens (tertiary/aromatic N) is 1. The Balaban J connectivity index is 2.27. The number of rotatable bonds is 5. The number of hydrogen-bond donors (Lipinski definition) is 2. The zero-order valence-electron chi connectivity index (χ0n) is 11.5. The lowest BCUT2D eigenvalue weighted by Gasteiger charge is -2.16. The Kier molecular flexibility index (Phi) is 5.10. The fraction of sp³-hybridized carbons (Fsp3) is 0.214. The van der Waals surface area contributed by atoms with Gasteiger partial charge in [0.25, 0.3) is 0 Å². The van der Waals surface area contributed by atoms with Gasteiger partial charge in [-0.25, -0.2) is 8.42 Å². The molecule has 112 valence electrons. The van der Waals surface area contributed by atoms with Crippen LogP contribution in [0.1, 0.15) is 17.3 Å². The summed E-state index contributed by atoms with van der Waals surface area (Å²) < 4.78 is 24.2. The van der Waals surface area contributed by atoms with Crippen molar-refractivity contribution in [1.29, 1.82) is 0 Å². The van der Waals surface area contributed by atoms with Crippen LogP contribution in [0.25, 0.3) is 0 Å². The van der Waals surface area contributed by atoms with Crippen molar-refractivity contribution in [3.05, 3.63) is 58.3 Å². The van der Waals surface area contributed by atoms with Gasteiger partial charge in [0.2, 0.25) is 0 Å². The second-order valence-electron chi connectivity index (χ2n) is 4.74. The highest BCUT2D eigenvalue weighted by atomic mass is 79.9. The molecule has 1 atom stereocenters. The molecule has 0 saturated heterocycles. The first-order valence-electron chi connectivity index (χ1n) is 6.27. The Hall–Kier alpha value is -1.28. The van der Waals surface area contributed by atoms with E-state index in [9.17, 15) is 8.42 Å². The summed E-state index contributed by atoms with van der Waals surface area (Å²) in [5.41, 5.74) is 4.39. The molecule has 0 radical (unpaired) electrons. The Bertz CT molecular complexity index is 717. The van der Waals surface area contributed by atoms with E-state index in [1.54, 1.807) is 24.4 Å². The molecule has 0 aliphatic carbocycles. The van der Waals surface area contributed by atoms with Crippen molar-refractivity contribution in [2.24, 2.45) is 5.84 Å². The van der Waals surface area contributed by atoms with Crippen LogP contribution in [0.2, 0.25) is 0 Å². The van der Waals surface area contributed by atoms with E-state index < -0.39 is 9.84 Å². The normalized spacial score (nSPS) is 13.1. The van der Waals surface area contributed by atoms with E-state index in [-0.39, 0.29) is 10.9 Å². The summed E-state index contributed by atoms with van der Waals surface area (Å²) in [6, 6.07) is 10.4. The third-order valence-corrected chi connectivity index (χ3v) is 4.67. The molecule has 5 nitrogen and oxygen atoms in total. The van der Waals surface area contributed by atoms with Gasteiger partial charge in [-0.05, 0) is 45.8 Å². The third-order valence-electron chi connectivity index (χ3n) is 3.09. The number of hydrazine groups is 1. The molecule has 0 saturated carbocycles. The van der Waals surface area contributed by atoms with Gasteiger partial charge in [0.05, 0.1) is 10.9 Å². The fourth-order valence-corrected chi connectivity index (χ4v) is 2.88. The molecule has 1 unspecified atom stereocenters. The highest BCUT2D eigenvalue weighted by Gasteiger charge is 2.14. The van der Waals surface area contributed by atoms with E-state index in [4.69, 9.17) is 5.84 Å². The van der Waals surface area contributed by atoms with E-state index >= 15 is 0 Å². The second kappa shape index (κ2) is 6.65. The molecule has 0 fully saturated rings. The van der Waals surface area contributed by atoms with Crippen molar-refractivity contribution >= 4 is 25.8 Å². The van der Waals surface area contributed by atoms with E-state index in [2.05, 4.69) is 26.3 Å². The number of nitrogens with one attached hydrogen (secondary N) is 1. The smallest absolute Gasteiger partial charge is 0.175 e. The maximum atomic E-state index is 11.6. The first kappa shape index (κ1) is 16.1. The van der Waals surface area contributed by atoms with E-state index in [0.29, 0.717) is 6.42 Å². The lowest BCUT2D eigenvalue weighted by atomic mass is 10.0. The van der Waals surface area contributed by atoms with Gasteiger partial charge in [-0.2, -0.15) is 0 Å². The molecule has 0 bridgehead atoms. The summed E-state index contributed by atoms with van der Waals surface area (Å²) in [6.45, 7) is 0. The van der Waals surface area contributed by atoms with Crippen LogP contribution < -0.4 is 11.3 Å². The van der Waals surface area contributed by atoms with Gasteiger partial charge in [-0.3, -0.25) is 16.3 Å². The number of benzene rings is 1. The summed E-state index contributed by atoms with van der Waals surface area (Å²) in [5, 5.41) is 0. The topological polar surface area (TPSA) is 85.1 Å². The zero-order valence-corrected chi connectivity index (χ0v) is 13.9. The van der Waals surface area contributed by atoms with Gasteiger partial charge in [0.15, 0.2) is 9.84 Å². The molecule has 2 aromatic rings. The lowest BCUT2D eigenvalue weighted by Crippen LogP contribution is -2.30. The Morgan fingerprint density at radius 3 is 2.67 bits per heavy atom. The van der Waals surface area contributed by atoms with E-state index in [1.165, 1.54) is 6.26 Å². The third kappa shape index (κ3) is 4.34. The predicted molar refractivity (Wildman–Crippen MR) is 85.3 cm³/mol. The lowest BCUT2D eigenvalue weighted by molar-refractivity contribution is 0.544. The predicted octanol–water partition coefficient (Wildman–Crippen LogP) is 1.99. The number of hydrogen-bond acceptors (Lipinski definition) is 5. The Labute approximate surface area is 132 Å². The number of pyridine rings is 1. The maximum absolute atomic E-state index is 11.6. The SMILES string of the molecule is CS(=O)(=O)c1cccc(C(Cc2ccc(Br)cn2)NN)c1. The largest absolute Gasteiger partial charge is 0.271 e. The van der Waals surface area contributed by atoms with Gasteiger partial charge in [0.1, 0.15) is 0 Å². The quantitative estimate of drug-likeness (QED) is 0.621. The minimum Gasteiger partial charge on any atom is -0.271 e. The molecule has 2 rings (SSSR count). The minimum atomic E-state index is -3.24. The van der Waals surface area contributed by atoms with Crippen LogP contribution in [0.5, 0.6) is 0 Å². The second-order valence-corrected chi connectivity index (χ2v) is 7.67. The summed E-state index contributed by atoms with van der Waals surface area (Å²) in [6.07, 6.45) is 3.47. The van der Waals surface area contributed by atoms with Crippen LogP contribution in [0.4, 0.5) is 0 Å². The highest BCUT2D eigenvalue weighted by Crippen LogP contribution is 2.21. The molecular weight excluding hydrogens is 354 g/mol. The first-order valence-corrected chi connectivity index (χ1v) is 8.95. The highest BCUT2D eigenvalue weighted by molar-refractivity contribution is 9.10. The van der Waals surface area contributed by atoms with Gasteiger partial charge in [-0.1, -0.05) is 12.1 Å². The number of aromatic nitrogens is 1. The standard InChI is InChI=1S/C14H16BrN3O2S/c1-21(19,20)13-4-2-3-10(7-13)14(18-16)8-12-6-5-11(15)9-17-12/h2-7,9,14,18H,8,16H2,1H3. The van der Waals surface area contributed by atoms with Crippen LogP contribution in [0.3, 0.4) is 0 Å². The molecule has 1 aromatic carbocycles. The Morgan fingerprint density at radius 1 is 1.33 bits per heavy atom. The van der Waals surface area contributed by atoms with Crippen molar-refractivity contribution in [1.82, 2.24) is 10.4 Å². The van der Waals surface area contributed by atoms with Crippen molar-refractivity contribution in [2.45, 2.75) is 17.4 Å². The van der Waals surface area contributed by atoms with Crippen LogP contribution in [-0.4, -0.2) is 19.7 Å². The number of nitrogens with two attached hydrogens (primary N) is 1. The maximum Gasteiger partial charge on any atom is 0.175 e. The molecule has 0 aliphatic heterocycles. The van der Waals surface area contributed by atoms with Crippen LogP contribution in [0.15, 0.2) is 52.0 Å². The number of sulfone groups is 1. The molecule has 0 spiro atoms. The van der Waals surface area contributed by atoms with Gasteiger partial charge in [-0.15, -0.1) is 0 Å². The Morgan fingerprint density at radius 2 is 2.10 bits per heavy atom.